The molecule has 0 unspecified atom stereocenters. The average molecular weight is 499 g/mol. The number of hydrogen-bond donors (Lipinski definition) is 2. The molecule has 0 radical (unpaired) electrons. The van der Waals surface area contributed by atoms with E-state index < -0.39 is 0 Å². The van der Waals surface area contributed by atoms with Gasteiger partial charge >= 0.3 is 0 Å². The molecule has 2 aromatic heterocycles. The van der Waals surface area contributed by atoms with E-state index in [0.29, 0.717) is 29.9 Å². The number of aromatic amines is 1. The number of H-pyrrole nitrogens is 1. The SMILES string of the molecule is Cc1cccc(-c2[nH]c(C(C)C)nc2-c2ccc(F)c(-c3ccc(C(=O)NC4CCOCC4)cc3)c2)n1. The van der Waals surface area contributed by atoms with Crippen LogP contribution in [0.4, 0.5) is 4.39 Å². The minimum atomic E-state index is -0.335. The molecular formula is C30H31FN4O2. The van der Waals surface area contributed by atoms with Crippen molar-refractivity contribution in [1.29, 1.82) is 0 Å². The highest BCUT2D eigenvalue weighted by atomic mass is 19.1. The largest absolute Gasteiger partial charge is 0.381 e. The predicted molar refractivity (Wildman–Crippen MR) is 143 cm³/mol. The second-order valence-electron chi connectivity index (χ2n) is 9.80. The Hall–Kier alpha value is -3.84. The van der Waals surface area contributed by atoms with E-state index in [1.54, 1.807) is 30.3 Å². The van der Waals surface area contributed by atoms with E-state index in [-0.39, 0.29) is 23.7 Å². The molecule has 1 saturated heterocycles. The number of hydrogen-bond acceptors (Lipinski definition) is 4. The minimum absolute atomic E-state index is 0.122. The van der Waals surface area contributed by atoms with Gasteiger partial charge < -0.3 is 15.0 Å². The Bertz CT molecular complexity index is 1410. The van der Waals surface area contributed by atoms with Crippen molar-refractivity contribution in [2.75, 3.05) is 13.2 Å². The van der Waals surface area contributed by atoms with E-state index in [4.69, 9.17) is 9.72 Å². The van der Waals surface area contributed by atoms with Gasteiger partial charge in [0.15, 0.2) is 0 Å². The number of ether oxygens (including phenoxy) is 1. The lowest BCUT2D eigenvalue weighted by Crippen LogP contribution is -2.38. The molecule has 0 saturated carbocycles. The van der Waals surface area contributed by atoms with Crippen molar-refractivity contribution in [3.63, 3.8) is 0 Å². The summed E-state index contributed by atoms with van der Waals surface area (Å²) in [6.45, 7) is 7.43. The fraction of sp³-hybridized carbons (Fsp3) is 0.300. The van der Waals surface area contributed by atoms with Crippen LogP contribution in [0.1, 0.15) is 54.5 Å². The Balaban J connectivity index is 1.46. The summed E-state index contributed by atoms with van der Waals surface area (Å²) >= 11 is 0. The number of nitrogens with one attached hydrogen (secondary N) is 2. The minimum Gasteiger partial charge on any atom is -0.381 e. The van der Waals surface area contributed by atoms with Gasteiger partial charge in [-0.3, -0.25) is 9.78 Å². The van der Waals surface area contributed by atoms with E-state index in [1.807, 2.05) is 31.2 Å². The van der Waals surface area contributed by atoms with Crippen LogP contribution < -0.4 is 5.32 Å². The molecule has 1 fully saturated rings. The molecule has 0 bridgehead atoms. The van der Waals surface area contributed by atoms with Crippen LogP contribution in [0.3, 0.4) is 0 Å². The van der Waals surface area contributed by atoms with Gasteiger partial charge in [0.25, 0.3) is 5.91 Å². The third-order valence-electron chi connectivity index (χ3n) is 6.67. The van der Waals surface area contributed by atoms with Gasteiger partial charge in [-0.2, -0.15) is 0 Å². The molecule has 1 amide bonds. The summed E-state index contributed by atoms with van der Waals surface area (Å²) in [5.74, 6) is 0.579. The summed E-state index contributed by atoms with van der Waals surface area (Å²) in [6, 6.07) is 18.1. The lowest BCUT2D eigenvalue weighted by atomic mass is 9.98. The topological polar surface area (TPSA) is 79.9 Å². The van der Waals surface area contributed by atoms with Crippen LogP contribution in [0.25, 0.3) is 33.8 Å². The van der Waals surface area contributed by atoms with Gasteiger partial charge in [-0.05, 0) is 67.8 Å². The lowest BCUT2D eigenvalue weighted by Gasteiger charge is -2.23. The molecule has 190 valence electrons. The summed E-state index contributed by atoms with van der Waals surface area (Å²) in [4.78, 5) is 25.6. The highest BCUT2D eigenvalue weighted by Gasteiger charge is 2.20. The van der Waals surface area contributed by atoms with Crippen LogP contribution in [0, 0.1) is 12.7 Å². The van der Waals surface area contributed by atoms with Crippen molar-refractivity contribution in [1.82, 2.24) is 20.3 Å². The third-order valence-corrected chi connectivity index (χ3v) is 6.67. The Morgan fingerprint density at radius 2 is 1.76 bits per heavy atom. The quantitative estimate of drug-likeness (QED) is 0.328. The molecule has 2 N–H and O–H groups in total. The summed E-state index contributed by atoms with van der Waals surface area (Å²) in [7, 11) is 0. The maximum atomic E-state index is 15.0. The van der Waals surface area contributed by atoms with E-state index in [2.05, 4.69) is 29.1 Å². The van der Waals surface area contributed by atoms with Gasteiger partial charge in [-0.15, -0.1) is 0 Å². The Morgan fingerprint density at radius 3 is 2.46 bits per heavy atom. The van der Waals surface area contributed by atoms with Crippen molar-refractivity contribution in [2.24, 2.45) is 0 Å². The number of imidazole rings is 1. The van der Waals surface area contributed by atoms with E-state index in [0.717, 1.165) is 47.0 Å². The van der Waals surface area contributed by atoms with E-state index in [9.17, 15) is 4.79 Å². The Labute approximate surface area is 216 Å². The zero-order valence-electron chi connectivity index (χ0n) is 21.3. The molecule has 3 heterocycles. The first-order valence-electron chi connectivity index (χ1n) is 12.7. The van der Waals surface area contributed by atoms with E-state index in [1.165, 1.54) is 6.07 Å². The molecule has 1 aliphatic heterocycles. The second kappa shape index (κ2) is 10.6. The monoisotopic (exact) mass is 498 g/mol. The first-order valence-corrected chi connectivity index (χ1v) is 12.7. The van der Waals surface area contributed by atoms with Crippen LogP contribution in [0.15, 0.2) is 60.7 Å². The number of pyridine rings is 1. The molecule has 0 spiro atoms. The van der Waals surface area contributed by atoms with Gasteiger partial charge in [0, 0.05) is 47.6 Å². The van der Waals surface area contributed by atoms with Gasteiger partial charge in [0.2, 0.25) is 0 Å². The molecule has 37 heavy (non-hydrogen) atoms. The number of carbonyl (C=O) groups is 1. The Morgan fingerprint density at radius 1 is 1.03 bits per heavy atom. The maximum absolute atomic E-state index is 15.0. The number of aryl methyl sites for hydroxylation is 1. The standard InChI is InChI=1S/C30H31FN4O2/c1-18(2)29-34-27(28(35-29)26-6-4-5-19(3)32-26)22-11-12-25(31)24(17-22)20-7-9-21(10-8-20)30(36)33-23-13-15-37-16-14-23/h4-12,17-18,23H,13-16H2,1-3H3,(H,33,36)(H,34,35). The van der Waals surface area contributed by atoms with Gasteiger partial charge in [0.05, 0.1) is 17.1 Å². The number of aromatic nitrogens is 3. The highest BCUT2D eigenvalue weighted by molar-refractivity contribution is 5.95. The van der Waals surface area contributed by atoms with Crippen LogP contribution in [-0.2, 0) is 4.74 Å². The summed E-state index contributed by atoms with van der Waals surface area (Å²) in [6.07, 6.45) is 1.63. The fourth-order valence-corrected chi connectivity index (χ4v) is 4.55. The molecular weight excluding hydrogens is 467 g/mol. The third kappa shape index (κ3) is 5.47. The van der Waals surface area contributed by atoms with Gasteiger partial charge in [-0.1, -0.05) is 32.0 Å². The molecule has 2 aromatic carbocycles. The first kappa shape index (κ1) is 24.8. The van der Waals surface area contributed by atoms with Crippen molar-refractivity contribution in [2.45, 2.75) is 45.6 Å². The molecule has 7 heteroatoms. The summed E-state index contributed by atoms with van der Waals surface area (Å²) in [5, 5.41) is 3.06. The Kier molecular flexibility index (Phi) is 7.15. The lowest BCUT2D eigenvalue weighted by molar-refractivity contribution is 0.0696. The number of amides is 1. The predicted octanol–water partition coefficient (Wildman–Crippen LogP) is 6.29. The zero-order chi connectivity index (χ0) is 25.9. The first-order chi connectivity index (χ1) is 17.9. The normalized spacial score (nSPS) is 14.2. The van der Waals surface area contributed by atoms with Crippen molar-refractivity contribution < 1.29 is 13.9 Å². The van der Waals surface area contributed by atoms with Crippen molar-refractivity contribution in [3.05, 3.63) is 83.6 Å². The zero-order valence-corrected chi connectivity index (χ0v) is 21.3. The fourth-order valence-electron chi connectivity index (χ4n) is 4.55. The molecule has 5 rings (SSSR count). The number of nitrogens with zero attached hydrogens (tertiary/aromatic N) is 2. The van der Waals surface area contributed by atoms with Crippen LogP contribution in [0.5, 0.6) is 0 Å². The maximum Gasteiger partial charge on any atom is 0.251 e. The van der Waals surface area contributed by atoms with Crippen LogP contribution >= 0.6 is 0 Å². The number of benzene rings is 2. The molecule has 4 aromatic rings. The summed E-state index contributed by atoms with van der Waals surface area (Å²) in [5.41, 5.74) is 5.72. The number of carbonyl (C=O) groups excluding carboxylic acids is 1. The molecule has 1 aliphatic rings. The highest BCUT2D eigenvalue weighted by Crippen LogP contribution is 2.34. The molecule has 0 atom stereocenters. The van der Waals surface area contributed by atoms with Crippen LogP contribution in [0.2, 0.25) is 0 Å². The van der Waals surface area contributed by atoms with Crippen molar-refractivity contribution >= 4 is 5.91 Å². The van der Waals surface area contributed by atoms with Crippen LogP contribution in [-0.4, -0.2) is 40.1 Å². The molecule has 0 aliphatic carbocycles. The van der Waals surface area contributed by atoms with Gasteiger partial charge in [-0.25, -0.2) is 9.37 Å². The van der Waals surface area contributed by atoms with Gasteiger partial charge in [0.1, 0.15) is 11.6 Å². The number of halogens is 1. The summed E-state index contributed by atoms with van der Waals surface area (Å²) < 4.78 is 20.4. The number of rotatable bonds is 6. The van der Waals surface area contributed by atoms with E-state index >= 15 is 4.39 Å². The average Bonchev–Trinajstić information content (AvgIpc) is 3.36. The van der Waals surface area contributed by atoms with Crippen molar-refractivity contribution in [3.8, 4) is 33.8 Å². The smallest absolute Gasteiger partial charge is 0.251 e. The second-order valence-corrected chi connectivity index (χ2v) is 9.80. The molecule has 6 nitrogen and oxygen atoms in total.